The van der Waals surface area contributed by atoms with Gasteiger partial charge in [0.2, 0.25) is 0 Å². The average molecular weight is 298 g/mol. The highest BCUT2D eigenvalue weighted by atomic mass is 16.5. The third-order valence-corrected chi connectivity index (χ3v) is 4.86. The fourth-order valence-electron chi connectivity index (χ4n) is 3.57. The number of aliphatic imine (C=N–C) groups is 1. The number of aromatic amines is 1. The van der Waals surface area contributed by atoms with E-state index in [9.17, 15) is 0 Å². The summed E-state index contributed by atoms with van der Waals surface area (Å²) >= 11 is 0. The SMILES string of the molecule is CC1CCC(C(C)C)C(O/C(=C2/C=CC=N2)c2ccc[nH]2)C1. The third kappa shape index (κ3) is 3.18. The molecule has 1 fully saturated rings. The summed E-state index contributed by atoms with van der Waals surface area (Å²) in [4.78, 5) is 7.71. The molecule has 0 saturated heterocycles. The van der Waals surface area contributed by atoms with Crippen LogP contribution >= 0.6 is 0 Å². The molecule has 3 unspecified atom stereocenters. The average Bonchev–Trinajstić information content (AvgIpc) is 3.18. The Morgan fingerprint density at radius 2 is 2.23 bits per heavy atom. The Morgan fingerprint density at radius 3 is 2.86 bits per heavy atom. The van der Waals surface area contributed by atoms with Gasteiger partial charge in [0.25, 0.3) is 0 Å². The largest absolute Gasteiger partial charge is 0.486 e. The highest BCUT2D eigenvalue weighted by molar-refractivity contribution is 5.81. The van der Waals surface area contributed by atoms with Crippen molar-refractivity contribution in [3.63, 3.8) is 0 Å². The van der Waals surface area contributed by atoms with E-state index in [0.29, 0.717) is 11.8 Å². The van der Waals surface area contributed by atoms with Gasteiger partial charge in [-0.05, 0) is 54.9 Å². The van der Waals surface area contributed by atoms with Crippen molar-refractivity contribution in [2.75, 3.05) is 0 Å². The van der Waals surface area contributed by atoms with E-state index in [4.69, 9.17) is 4.74 Å². The molecule has 3 nitrogen and oxygen atoms in total. The van der Waals surface area contributed by atoms with Crippen LogP contribution in [0.5, 0.6) is 0 Å². The van der Waals surface area contributed by atoms with E-state index in [1.54, 1.807) is 0 Å². The van der Waals surface area contributed by atoms with Crippen molar-refractivity contribution in [1.82, 2.24) is 4.98 Å². The van der Waals surface area contributed by atoms with Crippen molar-refractivity contribution < 1.29 is 4.74 Å². The van der Waals surface area contributed by atoms with Crippen molar-refractivity contribution in [2.45, 2.75) is 46.1 Å². The number of ether oxygens (including phenoxy) is 1. The van der Waals surface area contributed by atoms with Crippen LogP contribution in [0.1, 0.15) is 45.7 Å². The van der Waals surface area contributed by atoms with E-state index in [1.807, 2.05) is 30.6 Å². The molecule has 0 spiro atoms. The third-order valence-electron chi connectivity index (χ3n) is 4.86. The number of nitrogens with one attached hydrogen (secondary N) is 1. The zero-order valence-corrected chi connectivity index (χ0v) is 13.8. The molecule has 1 aliphatic carbocycles. The molecule has 3 heteroatoms. The Balaban J connectivity index is 1.88. The fourth-order valence-corrected chi connectivity index (χ4v) is 3.57. The number of allylic oxidation sites excluding steroid dienone is 2. The molecule has 0 radical (unpaired) electrons. The van der Waals surface area contributed by atoms with Crippen LogP contribution in [0.4, 0.5) is 0 Å². The number of rotatable bonds is 4. The molecular formula is C19H26N2O. The van der Waals surface area contributed by atoms with E-state index in [-0.39, 0.29) is 6.10 Å². The maximum Gasteiger partial charge on any atom is 0.168 e. The molecule has 0 amide bonds. The maximum absolute atomic E-state index is 6.55. The lowest BCUT2D eigenvalue weighted by Crippen LogP contribution is -2.34. The zero-order chi connectivity index (χ0) is 15.5. The van der Waals surface area contributed by atoms with Gasteiger partial charge in [-0.25, -0.2) is 0 Å². The Kier molecular flexibility index (Phi) is 4.51. The van der Waals surface area contributed by atoms with Gasteiger partial charge in [-0.3, -0.25) is 4.99 Å². The number of nitrogens with zero attached hydrogens (tertiary/aromatic N) is 1. The van der Waals surface area contributed by atoms with Crippen LogP contribution in [-0.4, -0.2) is 17.3 Å². The van der Waals surface area contributed by atoms with Crippen molar-refractivity contribution in [3.8, 4) is 0 Å². The number of hydrogen-bond acceptors (Lipinski definition) is 2. The second-order valence-corrected chi connectivity index (χ2v) is 6.92. The van der Waals surface area contributed by atoms with Crippen molar-refractivity contribution >= 4 is 12.0 Å². The number of hydrogen-bond donors (Lipinski definition) is 1. The van der Waals surface area contributed by atoms with Crippen LogP contribution in [-0.2, 0) is 4.74 Å². The predicted octanol–water partition coefficient (Wildman–Crippen LogP) is 4.80. The summed E-state index contributed by atoms with van der Waals surface area (Å²) in [5, 5.41) is 0. The quantitative estimate of drug-likeness (QED) is 0.796. The Labute approximate surface area is 133 Å². The van der Waals surface area contributed by atoms with E-state index < -0.39 is 0 Å². The molecule has 0 bridgehead atoms. The predicted molar refractivity (Wildman–Crippen MR) is 91.6 cm³/mol. The van der Waals surface area contributed by atoms with Crippen molar-refractivity contribution in [2.24, 2.45) is 22.7 Å². The van der Waals surface area contributed by atoms with Gasteiger partial charge in [-0.1, -0.05) is 27.2 Å². The summed E-state index contributed by atoms with van der Waals surface area (Å²) in [6.45, 7) is 6.96. The Bertz CT molecular complexity index is 567. The fraction of sp³-hybridized carbons (Fsp3) is 0.526. The van der Waals surface area contributed by atoms with Crippen LogP contribution in [0.3, 0.4) is 0 Å². The summed E-state index contributed by atoms with van der Waals surface area (Å²) in [6, 6.07) is 4.06. The van der Waals surface area contributed by atoms with Crippen LogP contribution in [0.2, 0.25) is 0 Å². The first-order chi connectivity index (χ1) is 10.6. The van der Waals surface area contributed by atoms with Gasteiger partial charge in [-0.15, -0.1) is 0 Å². The van der Waals surface area contributed by atoms with Gasteiger partial charge in [0, 0.05) is 12.4 Å². The minimum Gasteiger partial charge on any atom is -0.486 e. The molecule has 1 aliphatic heterocycles. The van der Waals surface area contributed by atoms with Gasteiger partial charge in [0.05, 0.1) is 5.69 Å². The Hall–Kier alpha value is -1.77. The summed E-state index contributed by atoms with van der Waals surface area (Å²) < 4.78 is 6.55. The van der Waals surface area contributed by atoms with E-state index in [2.05, 4.69) is 36.8 Å². The highest BCUT2D eigenvalue weighted by Crippen LogP contribution is 2.38. The van der Waals surface area contributed by atoms with Gasteiger partial charge in [0.1, 0.15) is 11.8 Å². The lowest BCUT2D eigenvalue weighted by molar-refractivity contribution is 0.0250. The summed E-state index contributed by atoms with van der Waals surface area (Å²) in [6.07, 6.45) is 11.7. The lowest BCUT2D eigenvalue weighted by atomic mass is 9.75. The van der Waals surface area contributed by atoms with Crippen LogP contribution in [0.15, 0.2) is 41.2 Å². The van der Waals surface area contributed by atoms with E-state index in [0.717, 1.165) is 29.5 Å². The first kappa shape index (κ1) is 15.1. The molecule has 0 aromatic carbocycles. The normalized spacial score (nSPS) is 30.1. The minimum atomic E-state index is 0.277. The van der Waals surface area contributed by atoms with Crippen LogP contribution in [0, 0.1) is 17.8 Å². The maximum atomic E-state index is 6.55. The standard InChI is InChI=1S/C19H26N2O/c1-13(2)15-9-8-14(3)12-18(15)22-19(16-6-4-10-20-16)17-7-5-11-21-17/h4-7,10-11,13-15,18,20H,8-9,12H2,1-3H3/b19-17-. The van der Waals surface area contributed by atoms with Crippen molar-refractivity contribution in [3.05, 3.63) is 41.9 Å². The monoisotopic (exact) mass is 298 g/mol. The molecule has 1 N–H and O–H groups in total. The molecule has 2 heterocycles. The molecule has 2 aliphatic rings. The first-order valence-electron chi connectivity index (χ1n) is 8.40. The van der Waals surface area contributed by atoms with E-state index >= 15 is 0 Å². The topological polar surface area (TPSA) is 37.4 Å². The van der Waals surface area contributed by atoms with Gasteiger partial charge >= 0.3 is 0 Å². The van der Waals surface area contributed by atoms with Gasteiger partial charge in [-0.2, -0.15) is 0 Å². The Morgan fingerprint density at radius 1 is 1.36 bits per heavy atom. The van der Waals surface area contributed by atoms with Gasteiger partial charge in [0.15, 0.2) is 5.76 Å². The van der Waals surface area contributed by atoms with Crippen molar-refractivity contribution in [1.29, 1.82) is 0 Å². The molecule has 118 valence electrons. The lowest BCUT2D eigenvalue weighted by Gasteiger charge is -2.37. The van der Waals surface area contributed by atoms with Gasteiger partial charge < -0.3 is 9.72 Å². The molecule has 3 rings (SSSR count). The smallest absolute Gasteiger partial charge is 0.168 e. The second-order valence-electron chi connectivity index (χ2n) is 6.92. The molecule has 1 aromatic rings. The molecular weight excluding hydrogens is 272 g/mol. The summed E-state index contributed by atoms with van der Waals surface area (Å²) in [5.41, 5.74) is 1.93. The minimum absolute atomic E-state index is 0.277. The molecule has 22 heavy (non-hydrogen) atoms. The summed E-state index contributed by atoms with van der Waals surface area (Å²) in [7, 11) is 0. The second kappa shape index (κ2) is 6.55. The summed E-state index contributed by atoms with van der Waals surface area (Å²) in [5.74, 6) is 2.89. The van der Waals surface area contributed by atoms with E-state index in [1.165, 1.54) is 12.8 Å². The molecule has 1 saturated carbocycles. The number of H-pyrrole nitrogens is 1. The highest BCUT2D eigenvalue weighted by Gasteiger charge is 2.33. The van der Waals surface area contributed by atoms with Crippen LogP contribution in [0.25, 0.3) is 5.76 Å². The van der Waals surface area contributed by atoms with Crippen LogP contribution < -0.4 is 0 Å². The zero-order valence-electron chi connectivity index (χ0n) is 13.8. The first-order valence-corrected chi connectivity index (χ1v) is 8.40. The number of aromatic nitrogens is 1. The molecule has 1 aromatic heterocycles. The molecule has 3 atom stereocenters.